The Balaban J connectivity index is 5.20. The normalized spacial score (nSPS) is 14.5. The second-order valence-corrected chi connectivity index (χ2v) is 33.9. The molecule has 0 saturated carbocycles. The zero-order valence-electron chi connectivity index (χ0n) is 66.5. The zero-order chi connectivity index (χ0) is 74.6. The number of esters is 4. The highest BCUT2D eigenvalue weighted by atomic mass is 31.2. The number of carbonyl (C=O) groups is 4. The summed E-state index contributed by atoms with van der Waals surface area (Å²) in [6, 6.07) is 0. The molecule has 0 aromatic rings. The van der Waals surface area contributed by atoms with Crippen LogP contribution in [0.5, 0.6) is 0 Å². The smallest absolute Gasteiger partial charge is 0.462 e. The van der Waals surface area contributed by atoms with Crippen LogP contribution in [0.15, 0.2) is 0 Å². The molecule has 0 aromatic carbocycles. The predicted molar refractivity (Wildman–Crippen MR) is 414 cm³/mol. The van der Waals surface area contributed by atoms with Crippen molar-refractivity contribution in [1.29, 1.82) is 0 Å². The molecule has 0 radical (unpaired) electrons. The van der Waals surface area contributed by atoms with E-state index in [0.29, 0.717) is 31.6 Å². The maximum absolute atomic E-state index is 13.1. The van der Waals surface area contributed by atoms with Gasteiger partial charge in [0.15, 0.2) is 12.2 Å². The molecule has 19 heteroatoms. The lowest BCUT2D eigenvalue weighted by molar-refractivity contribution is -0.161. The number of rotatable bonds is 79. The van der Waals surface area contributed by atoms with Gasteiger partial charge >= 0.3 is 39.5 Å². The van der Waals surface area contributed by atoms with Crippen molar-refractivity contribution >= 4 is 39.5 Å². The standard InChI is InChI=1S/C82H160O17P2/c1-9-74(7)60-52-44-36-28-24-20-15-13-11-12-14-16-21-25-29-38-46-54-62-79(84)92-68-77(98-81(86)64-56-48-39-30-26-22-18-17-19-23-27-34-42-50-58-72(3)4)70-96-100(88,89)94-66-76(83)67-95-101(90,91)97-71-78(69-93-80(85)63-55-47-41-33-35-43-51-59-73(5)6)99-82(87)65-57-49-40-32-31-37-45-53-61-75(8)10-2/h72-78,83H,9-71H2,1-8H3,(H,88,89)(H,90,91)/t74?,75?,76?,77-,78-/m1/s1. The Morgan fingerprint density at radius 3 is 0.703 bits per heavy atom. The molecule has 0 saturated heterocycles. The van der Waals surface area contributed by atoms with Crippen molar-refractivity contribution in [3.8, 4) is 0 Å². The van der Waals surface area contributed by atoms with Gasteiger partial charge in [0, 0.05) is 25.7 Å². The molecule has 101 heavy (non-hydrogen) atoms. The van der Waals surface area contributed by atoms with E-state index in [1.165, 1.54) is 218 Å². The predicted octanol–water partition coefficient (Wildman–Crippen LogP) is 24.4. The van der Waals surface area contributed by atoms with Crippen LogP contribution in [-0.2, 0) is 65.4 Å². The molecule has 17 nitrogen and oxygen atoms in total. The Kier molecular flexibility index (Phi) is 69.6. The third-order valence-electron chi connectivity index (χ3n) is 19.8. The molecule has 0 bridgehead atoms. The number of aliphatic hydroxyl groups is 1. The fourth-order valence-corrected chi connectivity index (χ4v) is 14.1. The highest BCUT2D eigenvalue weighted by Crippen LogP contribution is 2.45. The molecule has 0 spiro atoms. The number of phosphoric acid groups is 2. The van der Waals surface area contributed by atoms with Crippen LogP contribution in [0.25, 0.3) is 0 Å². The Bertz CT molecular complexity index is 1980. The molecule has 0 amide bonds. The first-order valence-corrected chi connectivity index (χ1v) is 45.3. The van der Waals surface area contributed by atoms with E-state index in [4.69, 9.17) is 37.0 Å². The summed E-state index contributed by atoms with van der Waals surface area (Å²) in [7, 11) is -9.92. The summed E-state index contributed by atoms with van der Waals surface area (Å²) in [5, 5.41) is 10.6. The van der Waals surface area contributed by atoms with Crippen LogP contribution in [0.3, 0.4) is 0 Å². The van der Waals surface area contributed by atoms with E-state index in [-0.39, 0.29) is 25.7 Å². The van der Waals surface area contributed by atoms with Crippen molar-refractivity contribution in [2.75, 3.05) is 39.6 Å². The second-order valence-electron chi connectivity index (χ2n) is 31.0. The highest BCUT2D eigenvalue weighted by molar-refractivity contribution is 7.47. The topological polar surface area (TPSA) is 237 Å². The van der Waals surface area contributed by atoms with Crippen LogP contribution in [0.4, 0.5) is 0 Å². The number of carbonyl (C=O) groups excluding carboxylic acids is 4. The fraction of sp³-hybridized carbons (Fsp3) is 0.951. The monoisotopic (exact) mass is 1480 g/mol. The van der Waals surface area contributed by atoms with E-state index in [1.807, 2.05) is 0 Å². The van der Waals surface area contributed by atoms with Gasteiger partial charge in [0.25, 0.3) is 0 Å². The molecule has 0 heterocycles. The van der Waals surface area contributed by atoms with Crippen LogP contribution < -0.4 is 0 Å². The molecule has 0 aromatic heterocycles. The van der Waals surface area contributed by atoms with Gasteiger partial charge in [-0.3, -0.25) is 37.3 Å². The maximum Gasteiger partial charge on any atom is 0.472 e. The summed E-state index contributed by atoms with van der Waals surface area (Å²) in [5.74, 6) is 1.03. The van der Waals surface area contributed by atoms with Crippen molar-refractivity contribution in [3.63, 3.8) is 0 Å². The molecule has 0 rings (SSSR count). The first-order valence-electron chi connectivity index (χ1n) is 42.3. The molecule has 600 valence electrons. The summed E-state index contributed by atoms with van der Waals surface area (Å²) >= 11 is 0. The van der Waals surface area contributed by atoms with Crippen molar-refractivity contribution in [2.45, 2.75) is 440 Å². The minimum Gasteiger partial charge on any atom is -0.462 e. The van der Waals surface area contributed by atoms with Crippen LogP contribution in [-0.4, -0.2) is 96.7 Å². The summed E-state index contributed by atoms with van der Waals surface area (Å²) in [6.07, 6.45) is 58.4. The largest absolute Gasteiger partial charge is 0.472 e. The Morgan fingerprint density at radius 2 is 0.475 bits per heavy atom. The quantitative estimate of drug-likeness (QED) is 0.0222. The van der Waals surface area contributed by atoms with Gasteiger partial charge < -0.3 is 33.8 Å². The SMILES string of the molecule is CCC(C)CCCCCCCCCCCCCCCCCCCCC(=O)OC[C@H](COP(=O)(O)OCC(O)COP(=O)(O)OC[C@@H](COC(=O)CCCCCCCCCC(C)C)OC(=O)CCCCCCCCCCC(C)CC)OC(=O)CCCCCCCCCCCCCCCCC(C)C. The Hall–Kier alpha value is -1.94. The van der Waals surface area contributed by atoms with Crippen molar-refractivity contribution in [2.24, 2.45) is 23.7 Å². The minimum absolute atomic E-state index is 0.104. The number of hydrogen-bond acceptors (Lipinski definition) is 15. The van der Waals surface area contributed by atoms with Gasteiger partial charge in [-0.2, -0.15) is 0 Å². The third-order valence-corrected chi connectivity index (χ3v) is 21.7. The number of unbranched alkanes of at least 4 members (excludes halogenated alkanes) is 43. The molecule has 3 N–H and O–H groups in total. The first-order chi connectivity index (χ1) is 48.7. The van der Waals surface area contributed by atoms with E-state index >= 15 is 0 Å². The number of aliphatic hydroxyl groups excluding tert-OH is 1. The fourth-order valence-electron chi connectivity index (χ4n) is 12.5. The van der Waals surface area contributed by atoms with E-state index < -0.39 is 97.5 Å². The van der Waals surface area contributed by atoms with E-state index in [1.54, 1.807) is 0 Å². The molecular weight excluding hydrogens is 1320 g/mol. The van der Waals surface area contributed by atoms with Crippen LogP contribution in [0, 0.1) is 23.7 Å². The lowest BCUT2D eigenvalue weighted by Crippen LogP contribution is -2.30. The number of ether oxygens (including phenoxy) is 4. The summed E-state index contributed by atoms with van der Waals surface area (Å²) in [6.45, 7) is 14.3. The van der Waals surface area contributed by atoms with Crippen LogP contribution in [0.1, 0.15) is 421 Å². The molecular formula is C82H160O17P2. The lowest BCUT2D eigenvalue weighted by Gasteiger charge is -2.21. The Morgan fingerprint density at radius 1 is 0.277 bits per heavy atom. The average Bonchev–Trinajstić information content (AvgIpc) is 0.934. The van der Waals surface area contributed by atoms with Gasteiger partial charge in [-0.15, -0.1) is 0 Å². The maximum atomic E-state index is 13.1. The summed E-state index contributed by atoms with van der Waals surface area (Å²) in [5.41, 5.74) is 0. The molecule has 0 aliphatic rings. The summed E-state index contributed by atoms with van der Waals surface area (Å²) in [4.78, 5) is 73.0. The van der Waals surface area contributed by atoms with E-state index in [2.05, 4.69) is 55.4 Å². The van der Waals surface area contributed by atoms with Gasteiger partial charge in [-0.05, 0) is 49.4 Å². The minimum atomic E-state index is -4.96. The van der Waals surface area contributed by atoms with Crippen molar-refractivity contribution in [3.05, 3.63) is 0 Å². The van der Waals surface area contributed by atoms with Crippen molar-refractivity contribution < 1.29 is 80.2 Å². The van der Waals surface area contributed by atoms with Crippen LogP contribution >= 0.6 is 15.6 Å². The third kappa shape index (κ3) is 73.4. The number of phosphoric ester groups is 2. The van der Waals surface area contributed by atoms with Gasteiger partial charge in [0.1, 0.15) is 19.3 Å². The van der Waals surface area contributed by atoms with Gasteiger partial charge in [0.05, 0.1) is 26.4 Å². The zero-order valence-corrected chi connectivity index (χ0v) is 68.3. The van der Waals surface area contributed by atoms with Gasteiger partial charge in [-0.25, -0.2) is 9.13 Å². The van der Waals surface area contributed by atoms with E-state index in [9.17, 15) is 43.2 Å². The second kappa shape index (κ2) is 71.0. The van der Waals surface area contributed by atoms with Gasteiger partial charge in [0.2, 0.25) is 0 Å². The van der Waals surface area contributed by atoms with Crippen LogP contribution in [0.2, 0.25) is 0 Å². The molecule has 5 unspecified atom stereocenters. The Labute approximate surface area is 619 Å². The highest BCUT2D eigenvalue weighted by Gasteiger charge is 2.30. The number of hydrogen-bond donors (Lipinski definition) is 3. The molecule has 0 aliphatic carbocycles. The molecule has 7 atom stereocenters. The molecule has 0 aliphatic heterocycles. The van der Waals surface area contributed by atoms with E-state index in [0.717, 1.165) is 114 Å². The van der Waals surface area contributed by atoms with Gasteiger partial charge in [-0.1, -0.05) is 370 Å². The molecule has 0 fully saturated rings. The average molecular weight is 1480 g/mol. The first kappa shape index (κ1) is 99.1. The van der Waals surface area contributed by atoms with Crippen molar-refractivity contribution in [1.82, 2.24) is 0 Å². The summed E-state index contributed by atoms with van der Waals surface area (Å²) < 4.78 is 68.7. The lowest BCUT2D eigenvalue weighted by atomic mass is 9.99.